The molecule has 1 aromatic carbocycles. The van der Waals surface area contributed by atoms with Gasteiger partial charge in [-0.2, -0.15) is 4.31 Å². The van der Waals surface area contributed by atoms with Gasteiger partial charge < -0.3 is 5.11 Å². The number of hydrogen-bond donors (Lipinski definition) is 1. The van der Waals surface area contributed by atoms with Gasteiger partial charge in [-0.15, -0.1) is 0 Å². The Morgan fingerprint density at radius 3 is 2.45 bits per heavy atom. The van der Waals surface area contributed by atoms with Gasteiger partial charge in [-0.25, -0.2) is 22.0 Å². The van der Waals surface area contributed by atoms with Gasteiger partial charge >= 0.3 is 5.97 Å². The van der Waals surface area contributed by atoms with Crippen LogP contribution in [0.25, 0.3) is 0 Å². The smallest absolute Gasteiger partial charge is 0.337 e. The molecule has 0 spiro atoms. The molecule has 8 heteroatoms. The van der Waals surface area contributed by atoms with E-state index in [4.69, 9.17) is 5.11 Å². The monoisotopic (exact) mass is 305 g/mol. The molecular formula is C12H13F2NO4S. The van der Waals surface area contributed by atoms with E-state index in [0.717, 1.165) is 12.1 Å². The van der Waals surface area contributed by atoms with Crippen LogP contribution in [0.2, 0.25) is 0 Å². The topological polar surface area (TPSA) is 74.7 Å². The Hall–Kier alpha value is -1.54. The molecule has 0 radical (unpaired) electrons. The van der Waals surface area contributed by atoms with Crippen molar-refractivity contribution in [3.63, 3.8) is 0 Å². The van der Waals surface area contributed by atoms with E-state index in [1.807, 2.05) is 0 Å². The summed E-state index contributed by atoms with van der Waals surface area (Å²) in [6.07, 6.45) is -1.77. The maximum absolute atomic E-state index is 12.6. The van der Waals surface area contributed by atoms with Gasteiger partial charge in [-0.3, -0.25) is 0 Å². The first-order valence-corrected chi connectivity index (χ1v) is 7.40. The Morgan fingerprint density at radius 1 is 1.35 bits per heavy atom. The second-order valence-electron chi connectivity index (χ2n) is 4.50. The number of sulfonamides is 1. The van der Waals surface area contributed by atoms with Crippen LogP contribution in [0.5, 0.6) is 0 Å². The largest absolute Gasteiger partial charge is 0.478 e. The summed E-state index contributed by atoms with van der Waals surface area (Å²) in [5.74, 6) is -1.41. The minimum atomic E-state index is -4.24. The number of benzene rings is 1. The van der Waals surface area contributed by atoms with Crippen molar-refractivity contribution in [3.8, 4) is 0 Å². The Balaban J connectivity index is 2.45. The number of halogens is 2. The number of carboxylic acids is 1. The number of rotatable bonds is 6. The minimum absolute atomic E-state index is 0.410. The molecule has 0 heterocycles. The van der Waals surface area contributed by atoms with Crippen molar-refractivity contribution in [1.29, 1.82) is 0 Å². The number of alkyl halides is 2. The first-order chi connectivity index (χ1) is 9.34. The Morgan fingerprint density at radius 2 is 1.95 bits per heavy atom. The molecule has 1 saturated carbocycles. The van der Waals surface area contributed by atoms with Crippen LogP contribution in [0, 0.1) is 0 Å². The normalized spacial score (nSPS) is 15.8. The maximum Gasteiger partial charge on any atom is 0.337 e. The Kier molecular flexibility index (Phi) is 4.05. The van der Waals surface area contributed by atoms with Crippen LogP contribution in [0.1, 0.15) is 23.2 Å². The van der Waals surface area contributed by atoms with E-state index in [1.54, 1.807) is 0 Å². The molecule has 1 fully saturated rings. The summed E-state index contributed by atoms with van der Waals surface area (Å²) in [6.45, 7) is -0.916. The highest BCUT2D eigenvalue weighted by atomic mass is 32.2. The van der Waals surface area contributed by atoms with Crippen molar-refractivity contribution < 1.29 is 27.1 Å². The zero-order chi connectivity index (χ0) is 14.9. The fourth-order valence-corrected chi connectivity index (χ4v) is 3.79. The summed E-state index contributed by atoms with van der Waals surface area (Å²) in [4.78, 5) is 10.6. The minimum Gasteiger partial charge on any atom is -0.478 e. The summed E-state index contributed by atoms with van der Waals surface area (Å²) in [7, 11) is -4.24. The quantitative estimate of drug-likeness (QED) is 0.869. The number of carboxylic acid groups (broad SMARTS) is 1. The first-order valence-electron chi connectivity index (χ1n) is 5.96. The molecule has 20 heavy (non-hydrogen) atoms. The van der Waals surface area contributed by atoms with E-state index in [-0.39, 0.29) is 0 Å². The van der Waals surface area contributed by atoms with Crippen LogP contribution in [0.3, 0.4) is 0 Å². The number of nitrogens with zero attached hydrogens (tertiary/aromatic N) is 1. The summed E-state index contributed by atoms with van der Waals surface area (Å²) < 4.78 is 50.6. The SMILES string of the molecule is O=C(O)c1ccccc1S(=O)(=O)N(CC(F)F)C1CC1. The lowest BCUT2D eigenvalue weighted by Crippen LogP contribution is -2.37. The van der Waals surface area contributed by atoms with Crippen LogP contribution in [-0.4, -0.2) is 42.8 Å². The predicted molar refractivity (Wildman–Crippen MR) is 66.3 cm³/mol. The molecule has 0 unspecified atom stereocenters. The van der Waals surface area contributed by atoms with Crippen LogP contribution in [0.4, 0.5) is 8.78 Å². The highest BCUT2D eigenvalue weighted by Gasteiger charge is 2.40. The molecule has 0 bridgehead atoms. The molecule has 1 aliphatic rings. The number of hydrogen-bond acceptors (Lipinski definition) is 3. The van der Waals surface area contributed by atoms with Gasteiger partial charge in [0.15, 0.2) is 0 Å². The highest BCUT2D eigenvalue weighted by Crippen LogP contribution is 2.33. The van der Waals surface area contributed by atoms with Crippen molar-refractivity contribution in [3.05, 3.63) is 29.8 Å². The molecule has 0 aliphatic heterocycles. The van der Waals surface area contributed by atoms with Crippen LogP contribution in [0.15, 0.2) is 29.2 Å². The second-order valence-corrected chi connectivity index (χ2v) is 6.36. The second kappa shape index (κ2) is 5.45. The van der Waals surface area contributed by atoms with Gasteiger partial charge in [0.2, 0.25) is 10.0 Å². The summed E-state index contributed by atoms with van der Waals surface area (Å²) in [5.41, 5.74) is -0.410. The lowest BCUT2D eigenvalue weighted by Gasteiger charge is -2.22. The fraction of sp³-hybridized carbons (Fsp3) is 0.417. The number of carbonyl (C=O) groups is 1. The number of aromatic carboxylic acids is 1. The maximum atomic E-state index is 12.6. The summed E-state index contributed by atoms with van der Waals surface area (Å²) in [6, 6.07) is 4.56. The third kappa shape index (κ3) is 2.96. The molecule has 0 saturated heterocycles. The molecule has 5 nitrogen and oxygen atoms in total. The van der Waals surface area contributed by atoms with Crippen LogP contribution in [-0.2, 0) is 10.0 Å². The zero-order valence-electron chi connectivity index (χ0n) is 10.4. The predicted octanol–water partition coefficient (Wildman–Crippen LogP) is 1.80. The average Bonchev–Trinajstić information content (AvgIpc) is 3.19. The lowest BCUT2D eigenvalue weighted by atomic mass is 10.2. The van der Waals surface area contributed by atoms with Gasteiger partial charge in [0.1, 0.15) is 0 Å². The van der Waals surface area contributed by atoms with Gasteiger partial charge in [-0.1, -0.05) is 12.1 Å². The molecule has 0 atom stereocenters. The average molecular weight is 305 g/mol. The van der Waals surface area contributed by atoms with Crippen LogP contribution < -0.4 is 0 Å². The molecule has 0 amide bonds. The van der Waals surface area contributed by atoms with Gasteiger partial charge in [0, 0.05) is 6.04 Å². The van der Waals surface area contributed by atoms with Crippen LogP contribution >= 0.6 is 0 Å². The van der Waals surface area contributed by atoms with Gasteiger partial charge in [0.25, 0.3) is 6.43 Å². The van der Waals surface area contributed by atoms with Gasteiger partial charge in [-0.05, 0) is 25.0 Å². The Bertz CT molecular complexity index is 614. The molecule has 1 N–H and O–H groups in total. The van der Waals surface area contributed by atoms with E-state index < -0.39 is 45.5 Å². The van der Waals surface area contributed by atoms with Crippen molar-refractivity contribution in [1.82, 2.24) is 4.31 Å². The first kappa shape index (κ1) is 14.9. The van der Waals surface area contributed by atoms with Gasteiger partial charge in [0.05, 0.1) is 17.0 Å². The van der Waals surface area contributed by atoms with E-state index in [2.05, 4.69) is 0 Å². The highest BCUT2D eigenvalue weighted by molar-refractivity contribution is 7.89. The van der Waals surface area contributed by atoms with E-state index in [0.29, 0.717) is 17.1 Å². The van der Waals surface area contributed by atoms with E-state index in [1.165, 1.54) is 12.1 Å². The Labute approximate surface area is 114 Å². The zero-order valence-corrected chi connectivity index (χ0v) is 11.2. The third-order valence-corrected chi connectivity index (χ3v) is 4.95. The molecule has 110 valence electrons. The van der Waals surface area contributed by atoms with Crippen molar-refractivity contribution in [2.45, 2.75) is 30.2 Å². The van der Waals surface area contributed by atoms with Crippen molar-refractivity contribution in [2.24, 2.45) is 0 Å². The summed E-state index contributed by atoms with van der Waals surface area (Å²) >= 11 is 0. The lowest BCUT2D eigenvalue weighted by molar-refractivity contribution is 0.0692. The molecule has 1 aliphatic carbocycles. The standard InChI is InChI=1S/C12H13F2NO4S/c13-11(14)7-15(8-5-6-8)20(18,19)10-4-2-1-3-9(10)12(16)17/h1-4,8,11H,5-7H2,(H,16,17). The van der Waals surface area contributed by atoms with Crippen molar-refractivity contribution >= 4 is 16.0 Å². The third-order valence-electron chi connectivity index (χ3n) is 2.98. The van der Waals surface area contributed by atoms with E-state index in [9.17, 15) is 22.0 Å². The molecule has 0 aromatic heterocycles. The summed E-state index contributed by atoms with van der Waals surface area (Å²) in [5, 5.41) is 9.02. The molecule has 1 aromatic rings. The van der Waals surface area contributed by atoms with E-state index >= 15 is 0 Å². The molecular weight excluding hydrogens is 292 g/mol. The van der Waals surface area contributed by atoms with Crippen molar-refractivity contribution in [2.75, 3.05) is 6.54 Å². The molecule has 2 rings (SSSR count). The fourth-order valence-electron chi connectivity index (χ4n) is 1.94.